The average molecular weight is 333 g/mol. The second-order valence-electron chi connectivity index (χ2n) is 5.50. The number of alkyl halides is 2. The lowest BCUT2D eigenvalue weighted by Gasteiger charge is -2.35. The van der Waals surface area contributed by atoms with Crippen molar-refractivity contribution in [3.05, 3.63) is 35.4 Å². The molecule has 0 amide bonds. The fraction of sp³-hybridized carbons (Fsp3) is 0.500. The number of nitrogens with zero attached hydrogens (tertiary/aromatic N) is 1. The number of aliphatic carboxylic acids is 1. The number of carboxylic acids is 1. The van der Waals surface area contributed by atoms with E-state index in [0.717, 1.165) is 9.87 Å². The van der Waals surface area contributed by atoms with Gasteiger partial charge >= 0.3 is 5.97 Å². The van der Waals surface area contributed by atoms with Crippen LogP contribution in [0.5, 0.6) is 0 Å². The van der Waals surface area contributed by atoms with Gasteiger partial charge in [-0.2, -0.15) is 0 Å². The largest absolute Gasteiger partial charge is 0.481 e. The molecule has 1 fully saturated rings. The maximum atomic E-state index is 13.6. The van der Waals surface area contributed by atoms with E-state index in [2.05, 4.69) is 0 Å². The van der Waals surface area contributed by atoms with Crippen molar-refractivity contribution in [3.63, 3.8) is 0 Å². The van der Waals surface area contributed by atoms with E-state index in [9.17, 15) is 22.0 Å². The molecule has 1 atom stereocenters. The van der Waals surface area contributed by atoms with Gasteiger partial charge in [0.1, 0.15) is 5.92 Å². The first-order valence-corrected chi connectivity index (χ1v) is 8.37. The molecule has 0 aliphatic carbocycles. The molecule has 22 heavy (non-hydrogen) atoms. The quantitative estimate of drug-likeness (QED) is 0.913. The highest BCUT2D eigenvalue weighted by Crippen LogP contribution is 2.35. The zero-order valence-electron chi connectivity index (χ0n) is 12.0. The Morgan fingerprint density at radius 1 is 1.36 bits per heavy atom. The van der Waals surface area contributed by atoms with Gasteiger partial charge < -0.3 is 5.11 Å². The summed E-state index contributed by atoms with van der Waals surface area (Å²) in [5, 5.41) is 8.88. The smallest absolute Gasteiger partial charge is 0.313 e. The number of aryl methyl sites for hydroxylation is 1. The molecule has 1 aliphatic heterocycles. The number of rotatable bonds is 4. The van der Waals surface area contributed by atoms with Crippen LogP contribution >= 0.6 is 0 Å². The summed E-state index contributed by atoms with van der Waals surface area (Å²) in [6, 6.07) is 6.82. The van der Waals surface area contributed by atoms with Gasteiger partial charge in [0.2, 0.25) is 10.0 Å². The summed E-state index contributed by atoms with van der Waals surface area (Å²) in [6.07, 6.45) is -0.781. The topological polar surface area (TPSA) is 74.7 Å². The highest BCUT2D eigenvalue weighted by atomic mass is 32.2. The minimum Gasteiger partial charge on any atom is -0.481 e. The van der Waals surface area contributed by atoms with Crippen LogP contribution in [0.1, 0.15) is 17.5 Å². The summed E-state index contributed by atoms with van der Waals surface area (Å²) in [7, 11) is -3.83. The molecule has 1 aromatic carbocycles. The molecule has 5 nitrogen and oxygen atoms in total. The number of halogens is 2. The molecule has 2 rings (SSSR count). The van der Waals surface area contributed by atoms with Crippen molar-refractivity contribution in [1.82, 2.24) is 4.31 Å². The molecule has 1 heterocycles. The van der Waals surface area contributed by atoms with E-state index in [1.807, 2.05) is 6.92 Å². The zero-order chi connectivity index (χ0) is 16.5. The van der Waals surface area contributed by atoms with Crippen molar-refractivity contribution in [2.45, 2.75) is 25.0 Å². The number of hydrogen-bond acceptors (Lipinski definition) is 3. The lowest BCUT2D eigenvalue weighted by atomic mass is 9.95. The molecular formula is C14H17F2NO4S. The van der Waals surface area contributed by atoms with Crippen molar-refractivity contribution in [2.24, 2.45) is 5.92 Å². The number of carboxylic acid groups (broad SMARTS) is 1. The summed E-state index contributed by atoms with van der Waals surface area (Å²) < 4.78 is 52.6. The minimum absolute atomic E-state index is 0.328. The molecule has 1 saturated heterocycles. The highest BCUT2D eigenvalue weighted by Gasteiger charge is 2.50. The summed E-state index contributed by atoms with van der Waals surface area (Å²) in [6.45, 7) is 0.796. The lowest BCUT2D eigenvalue weighted by molar-refractivity contribution is -0.163. The second kappa shape index (κ2) is 5.92. The first kappa shape index (κ1) is 16.8. The van der Waals surface area contributed by atoms with Crippen molar-refractivity contribution < 1.29 is 27.1 Å². The van der Waals surface area contributed by atoms with E-state index in [1.54, 1.807) is 24.3 Å². The Bertz CT molecular complexity index is 658. The summed E-state index contributed by atoms with van der Waals surface area (Å²) in [5.41, 5.74) is 1.51. The first-order chi connectivity index (χ1) is 10.1. The van der Waals surface area contributed by atoms with Crippen LogP contribution in [0.25, 0.3) is 0 Å². The molecule has 8 heteroatoms. The van der Waals surface area contributed by atoms with Gasteiger partial charge in [0, 0.05) is 19.5 Å². The molecule has 122 valence electrons. The van der Waals surface area contributed by atoms with E-state index in [-0.39, 0.29) is 12.3 Å². The van der Waals surface area contributed by atoms with Gasteiger partial charge in [0.15, 0.2) is 0 Å². The summed E-state index contributed by atoms with van der Waals surface area (Å²) >= 11 is 0. The van der Waals surface area contributed by atoms with Crippen LogP contribution < -0.4 is 0 Å². The molecule has 0 bridgehead atoms. The average Bonchev–Trinajstić information content (AvgIpc) is 2.40. The van der Waals surface area contributed by atoms with Crippen molar-refractivity contribution in [1.29, 1.82) is 0 Å². The van der Waals surface area contributed by atoms with Crippen LogP contribution in [0.2, 0.25) is 0 Å². The van der Waals surface area contributed by atoms with E-state index in [1.165, 1.54) is 0 Å². The summed E-state index contributed by atoms with van der Waals surface area (Å²) in [4.78, 5) is 10.9. The molecule has 1 N–H and O–H groups in total. The lowest BCUT2D eigenvalue weighted by Crippen LogP contribution is -2.52. The zero-order valence-corrected chi connectivity index (χ0v) is 12.8. The Kier molecular flexibility index (Phi) is 4.53. The van der Waals surface area contributed by atoms with Gasteiger partial charge in [-0.1, -0.05) is 29.8 Å². The van der Waals surface area contributed by atoms with Gasteiger partial charge in [-0.15, -0.1) is 0 Å². The molecule has 0 aromatic heterocycles. The number of benzene rings is 1. The van der Waals surface area contributed by atoms with E-state index >= 15 is 0 Å². The van der Waals surface area contributed by atoms with Crippen LogP contribution in [0.15, 0.2) is 24.3 Å². The van der Waals surface area contributed by atoms with Crippen LogP contribution in [-0.4, -0.2) is 42.8 Å². The number of carbonyl (C=O) groups is 1. The minimum atomic E-state index is -3.83. The van der Waals surface area contributed by atoms with Crippen LogP contribution in [0.4, 0.5) is 8.78 Å². The van der Waals surface area contributed by atoms with Gasteiger partial charge in [0.05, 0.1) is 5.75 Å². The van der Waals surface area contributed by atoms with Gasteiger partial charge in [-0.05, 0) is 12.5 Å². The molecule has 1 aliphatic rings. The Balaban J connectivity index is 2.16. The fourth-order valence-electron chi connectivity index (χ4n) is 2.37. The number of hydrogen-bond donors (Lipinski definition) is 1. The molecule has 0 radical (unpaired) electrons. The maximum Gasteiger partial charge on any atom is 0.313 e. The van der Waals surface area contributed by atoms with Crippen LogP contribution in [0, 0.1) is 12.8 Å². The third-order valence-electron chi connectivity index (χ3n) is 3.75. The molecular weight excluding hydrogens is 316 g/mol. The van der Waals surface area contributed by atoms with Crippen LogP contribution in [-0.2, 0) is 20.6 Å². The van der Waals surface area contributed by atoms with Crippen LogP contribution in [0.3, 0.4) is 0 Å². The molecule has 0 spiro atoms. The Hall–Kier alpha value is -1.54. The second-order valence-corrected chi connectivity index (χ2v) is 7.47. The Morgan fingerprint density at radius 3 is 2.50 bits per heavy atom. The Morgan fingerprint density at radius 2 is 1.95 bits per heavy atom. The standard InChI is InChI=1S/C14H17F2NO4S/c1-10-2-4-11(5-3-10)9-22(20,21)17-7-6-14(15,16)12(8-17)13(18)19/h2-5,12H,6-9H2,1H3,(H,18,19). The molecule has 0 saturated carbocycles. The van der Waals surface area contributed by atoms with E-state index < -0.39 is 40.8 Å². The third-order valence-corrected chi connectivity index (χ3v) is 5.57. The molecule has 1 unspecified atom stereocenters. The van der Waals surface area contributed by atoms with E-state index in [4.69, 9.17) is 5.11 Å². The predicted molar refractivity (Wildman–Crippen MR) is 76.1 cm³/mol. The first-order valence-electron chi connectivity index (χ1n) is 6.76. The molecule has 1 aromatic rings. The fourth-order valence-corrected chi connectivity index (χ4v) is 3.92. The van der Waals surface area contributed by atoms with Gasteiger partial charge in [0.25, 0.3) is 5.92 Å². The number of sulfonamides is 1. The van der Waals surface area contributed by atoms with Gasteiger partial charge in [-0.3, -0.25) is 4.79 Å². The normalized spacial score (nSPS) is 22.4. The number of piperidine rings is 1. The SMILES string of the molecule is Cc1ccc(CS(=O)(=O)N2CCC(F)(F)C(C(=O)O)C2)cc1. The van der Waals surface area contributed by atoms with E-state index in [0.29, 0.717) is 5.56 Å². The van der Waals surface area contributed by atoms with Crippen molar-refractivity contribution in [3.8, 4) is 0 Å². The van der Waals surface area contributed by atoms with Crippen molar-refractivity contribution >= 4 is 16.0 Å². The monoisotopic (exact) mass is 333 g/mol. The van der Waals surface area contributed by atoms with Crippen molar-refractivity contribution in [2.75, 3.05) is 13.1 Å². The highest BCUT2D eigenvalue weighted by molar-refractivity contribution is 7.88. The van der Waals surface area contributed by atoms with Gasteiger partial charge in [-0.25, -0.2) is 21.5 Å². The predicted octanol–water partition coefficient (Wildman–Crippen LogP) is 1.87. The third kappa shape index (κ3) is 3.61. The maximum absolute atomic E-state index is 13.6. The summed E-state index contributed by atoms with van der Waals surface area (Å²) in [5.74, 6) is -7.40. The Labute approximate surface area is 127 Å².